The Morgan fingerprint density at radius 2 is 2.19 bits per heavy atom. The Balaban J connectivity index is 2.31. The molecule has 1 aromatic heterocycles. The summed E-state index contributed by atoms with van der Waals surface area (Å²) >= 11 is 0. The SMILES string of the molecule is CCC(C)[C@@H](NC(=O)NCCCn1ccnc1)C(=O)OC. The van der Waals surface area contributed by atoms with Gasteiger partial charge in [-0.2, -0.15) is 0 Å². The van der Waals surface area contributed by atoms with Crippen molar-refractivity contribution in [3.05, 3.63) is 18.7 Å². The van der Waals surface area contributed by atoms with Crippen molar-refractivity contribution >= 4 is 12.0 Å². The van der Waals surface area contributed by atoms with E-state index < -0.39 is 12.0 Å². The molecule has 0 aliphatic heterocycles. The summed E-state index contributed by atoms with van der Waals surface area (Å²) in [5, 5.41) is 5.41. The highest BCUT2D eigenvalue weighted by Crippen LogP contribution is 2.08. The monoisotopic (exact) mass is 296 g/mol. The van der Waals surface area contributed by atoms with Crippen molar-refractivity contribution in [2.45, 2.75) is 39.3 Å². The fourth-order valence-corrected chi connectivity index (χ4v) is 1.87. The van der Waals surface area contributed by atoms with Crippen molar-refractivity contribution in [1.82, 2.24) is 20.2 Å². The lowest BCUT2D eigenvalue weighted by Gasteiger charge is -2.22. The van der Waals surface area contributed by atoms with Crippen molar-refractivity contribution < 1.29 is 14.3 Å². The molecule has 7 nitrogen and oxygen atoms in total. The Bertz CT molecular complexity index is 433. The summed E-state index contributed by atoms with van der Waals surface area (Å²) in [6.45, 7) is 5.18. The van der Waals surface area contributed by atoms with Crippen LogP contribution in [0.25, 0.3) is 0 Å². The summed E-state index contributed by atoms with van der Waals surface area (Å²) in [6, 6.07) is -0.968. The van der Waals surface area contributed by atoms with Gasteiger partial charge in [-0.15, -0.1) is 0 Å². The average Bonchev–Trinajstić information content (AvgIpc) is 3.01. The number of ether oxygens (including phenoxy) is 1. The van der Waals surface area contributed by atoms with Gasteiger partial charge in [-0.3, -0.25) is 0 Å². The van der Waals surface area contributed by atoms with Crippen LogP contribution in [0.15, 0.2) is 18.7 Å². The van der Waals surface area contributed by atoms with Gasteiger partial charge in [0, 0.05) is 25.5 Å². The third-order valence-corrected chi connectivity index (χ3v) is 3.39. The van der Waals surface area contributed by atoms with E-state index in [1.54, 1.807) is 12.5 Å². The summed E-state index contributed by atoms with van der Waals surface area (Å²) in [4.78, 5) is 27.4. The topological polar surface area (TPSA) is 85.3 Å². The second-order valence-corrected chi connectivity index (χ2v) is 4.94. The highest BCUT2D eigenvalue weighted by Gasteiger charge is 2.26. The van der Waals surface area contributed by atoms with Gasteiger partial charge in [0.1, 0.15) is 6.04 Å². The average molecular weight is 296 g/mol. The van der Waals surface area contributed by atoms with E-state index >= 15 is 0 Å². The van der Waals surface area contributed by atoms with Crippen molar-refractivity contribution in [2.75, 3.05) is 13.7 Å². The number of amides is 2. The number of urea groups is 1. The highest BCUT2D eigenvalue weighted by molar-refractivity contribution is 5.83. The van der Waals surface area contributed by atoms with Gasteiger partial charge in [-0.05, 0) is 12.3 Å². The summed E-state index contributed by atoms with van der Waals surface area (Å²) in [5.41, 5.74) is 0. The van der Waals surface area contributed by atoms with E-state index in [2.05, 4.69) is 15.6 Å². The van der Waals surface area contributed by atoms with Crippen LogP contribution in [0, 0.1) is 5.92 Å². The standard InChI is InChI=1S/C14H24N4O3/c1-4-11(2)12(13(19)21-3)17-14(20)16-6-5-8-18-9-7-15-10-18/h7,9-12H,4-6,8H2,1-3H3,(H2,16,17,20)/t11?,12-/m1/s1. The molecule has 1 heterocycles. The fourth-order valence-electron chi connectivity index (χ4n) is 1.87. The molecule has 2 N–H and O–H groups in total. The Hall–Kier alpha value is -2.05. The molecule has 0 aliphatic rings. The molecule has 0 spiro atoms. The minimum absolute atomic E-state index is 0.0224. The Labute approximate surface area is 125 Å². The first-order chi connectivity index (χ1) is 10.1. The predicted molar refractivity (Wildman–Crippen MR) is 78.6 cm³/mol. The molecule has 1 unspecified atom stereocenters. The van der Waals surface area contributed by atoms with Crippen LogP contribution in [-0.4, -0.2) is 41.2 Å². The van der Waals surface area contributed by atoms with Crippen LogP contribution in [0.3, 0.4) is 0 Å². The molecule has 1 rings (SSSR count). The van der Waals surface area contributed by atoms with E-state index in [4.69, 9.17) is 4.74 Å². The summed E-state index contributed by atoms with van der Waals surface area (Å²) < 4.78 is 6.66. The number of carbonyl (C=O) groups excluding carboxylic acids is 2. The molecule has 21 heavy (non-hydrogen) atoms. The van der Waals surface area contributed by atoms with Gasteiger partial charge < -0.3 is 19.9 Å². The summed E-state index contributed by atoms with van der Waals surface area (Å²) in [7, 11) is 1.32. The van der Waals surface area contributed by atoms with Gasteiger partial charge in [0.05, 0.1) is 13.4 Å². The van der Waals surface area contributed by atoms with Gasteiger partial charge in [0.2, 0.25) is 0 Å². The number of aryl methyl sites for hydroxylation is 1. The maximum absolute atomic E-state index is 11.8. The minimum Gasteiger partial charge on any atom is -0.467 e. The van der Waals surface area contributed by atoms with Crippen molar-refractivity contribution in [3.63, 3.8) is 0 Å². The van der Waals surface area contributed by atoms with Crippen molar-refractivity contribution in [2.24, 2.45) is 5.92 Å². The Morgan fingerprint density at radius 3 is 2.76 bits per heavy atom. The number of nitrogens with one attached hydrogen (secondary N) is 2. The second kappa shape index (κ2) is 8.99. The highest BCUT2D eigenvalue weighted by atomic mass is 16.5. The minimum atomic E-state index is -0.617. The van der Waals surface area contributed by atoms with Gasteiger partial charge in [0.15, 0.2) is 0 Å². The first-order valence-corrected chi connectivity index (χ1v) is 7.16. The number of hydrogen-bond acceptors (Lipinski definition) is 4. The number of hydrogen-bond donors (Lipinski definition) is 2. The molecule has 1 aromatic rings. The number of esters is 1. The fraction of sp³-hybridized carbons (Fsp3) is 0.643. The number of aromatic nitrogens is 2. The Morgan fingerprint density at radius 1 is 1.43 bits per heavy atom. The quantitative estimate of drug-likeness (QED) is 0.557. The largest absolute Gasteiger partial charge is 0.467 e. The van der Waals surface area contributed by atoms with E-state index in [-0.39, 0.29) is 11.9 Å². The lowest BCUT2D eigenvalue weighted by atomic mass is 9.99. The third-order valence-electron chi connectivity index (χ3n) is 3.39. The Kier molecular flexibility index (Phi) is 7.28. The molecule has 0 saturated carbocycles. The van der Waals surface area contributed by atoms with Crippen LogP contribution in [0.5, 0.6) is 0 Å². The summed E-state index contributed by atoms with van der Waals surface area (Å²) in [6.07, 6.45) is 6.89. The molecule has 0 saturated heterocycles. The van der Waals surface area contributed by atoms with Crippen LogP contribution in [0.4, 0.5) is 4.79 Å². The van der Waals surface area contributed by atoms with E-state index in [0.717, 1.165) is 19.4 Å². The zero-order valence-corrected chi connectivity index (χ0v) is 12.8. The van der Waals surface area contributed by atoms with E-state index in [0.29, 0.717) is 6.54 Å². The zero-order chi connectivity index (χ0) is 15.7. The summed E-state index contributed by atoms with van der Waals surface area (Å²) in [5.74, 6) is -0.396. The van der Waals surface area contributed by atoms with Crippen LogP contribution >= 0.6 is 0 Å². The first kappa shape index (κ1) is 17.0. The predicted octanol–water partition coefficient (Wildman–Crippen LogP) is 1.16. The maximum atomic E-state index is 11.8. The molecule has 0 radical (unpaired) electrons. The molecule has 0 aromatic carbocycles. The van der Waals surface area contributed by atoms with E-state index in [1.807, 2.05) is 24.6 Å². The van der Waals surface area contributed by atoms with E-state index in [1.165, 1.54) is 7.11 Å². The normalized spacial score (nSPS) is 13.3. The maximum Gasteiger partial charge on any atom is 0.328 e. The van der Waals surface area contributed by atoms with Crippen LogP contribution < -0.4 is 10.6 Å². The molecule has 0 aliphatic carbocycles. The van der Waals surface area contributed by atoms with Gasteiger partial charge in [-0.25, -0.2) is 14.6 Å². The molecule has 2 amide bonds. The molecule has 0 bridgehead atoms. The number of nitrogens with zero attached hydrogens (tertiary/aromatic N) is 2. The lowest BCUT2D eigenvalue weighted by Crippen LogP contribution is -2.49. The van der Waals surface area contributed by atoms with Crippen LogP contribution in [0.2, 0.25) is 0 Å². The second-order valence-electron chi connectivity index (χ2n) is 4.94. The molecular formula is C14H24N4O3. The number of methoxy groups -OCH3 is 1. The molecular weight excluding hydrogens is 272 g/mol. The smallest absolute Gasteiger partial charge is 0.328 e. The van der Waals surface area contributed by atoms with Crippen LogP contribution in [-0.2, 0) is 16.1 Å². The molecule has 2 atom stereocenters. The van der Waals surface area contributed by atoms with Gasteiger partial charge >= 0.3 is 12.0 Å². The van der Waals surface area contributed by atoms with E-state index in [9.17, 15) is 9.59 Å². The van der Waals surface area contributed by atoms with Crippen molar-refractivity contribution in [1.29, 1.82) is 0 Å². The van der Waals surface area contributed by atoms with Gasteiger partial charge in [-0.1, -0.05) is 20.3 Å². The third kappa shape index (κ3) is 5.85. The lowest BCUT2D eigenvalue weighted by molar-refractivity contribution is -0.144. The number of imidazole rings is 1. The first-order valence-electron chi connectivity index (χ1n) is 7.16. The van der Waals surface area contributed by atoms with Crippen LogP contribution in [0.1, 0.15) is 26.7 Å². The van der Waals surface area contributed by atoms with Crippen molar-refractivity contribution in [3.8, 4) is 0 Å². The number of carbonyl (C=O) groups is 2. The molecule has 0 fully saturated rings. The van der Waals surface area contributed by atoms with Gasteiger partial charge in [0.25, 0.3) is 0 Å². The zero-order valence-electron chi connectivity index (χ0n) is 12.8. The molecule has 118 valence electrons. The molecule has 7 heteroatoms. The number of rotatable bonds is 8.